The van der Waals surface area contributed by atoms with E-state index in [-0.39, 0.29) is 0 Å². The first kappa shape index (κ1) is 27.0. The van der Waals surface area contributed by atoms with E-state index in [4.69, 9.17) is 5.73 Å². The lowest BCUT2D eigenvalue weighted by Gasteiger charge is -2.09. The van der Waals surface area contributed by atoms with Crippen LogP contribution in [0.25, 0.3) is 35.1 Å². The van der Waals surface area contributed by atoms with Gasteiger partial charge in [-0.3, -0.25) is 0 Å². The Labute approximate surface area is 241 Å². The Morgan fingerprint density at radius 2 is 1.34 bits per heavy atom. The summed E-state index contributed by atoms with van der Waals surface area (Å²) in [6, 6.07) is 37.0. The van der Waals surface area contributed by atoms with Crippen molar-refractivity contribution in [2.24, 2.45) is 0 Å². The molecule has 0 saturated carbocycles. The Balaban J connectivity index is 1.34. The van der Waals surface area contributed by atoms with E-state index in [0.29, 0.717) is 5.56 Å². The smallest absolute Gasteiger partial charge is 0.100 e. The summed E-state index contributed by atoms with van der Waals surface area (Å²) < 4.78 is 0. The average molecular weight is 530 g/mol. The average Bonchev–Trinajstić information content (AvgIpc) is 3.00. The lowest BCUT2D eigenvalue weighted by molar-refractivity contribution is 1.40. The third-order valence-electron chi connectivity index (χ3n) is 6.92. The number of nitrogens with zero attached hydrogens (tertiary/aromatic N) is 1. The molecular weight excluding hydrogens is 498 g/mol. The number of nitrogens with one attached hydrogen (secondary N) is 1. The molecule has 0 saturated heterocycles. The van der Waals surface area contributed by atoms with Crippen molar-refractivity contribution in [2.45, 2.75) is 6.92 Å². The number of para-hydroxylation sites is 1. The first-order valence-corrected chi connectivity index (χ1v) is 13.5. The largest absolute Gasteiger partial charge is 0.399 e. The second kappa shape index (κ2) is 12.5. The standard InChI is InChI=1S/C38H31N3/c1-27(8-10-29-13-19-34(40)20-14-29)9-18-32-25-33-24-31(17-23-37(33)38(26-39)28(32)2)12-11-30-15-21-36(22-16-30)41-35-6-4-3-5-7-35/h3-25,41H,1,40H2,2H3/b10-8-,12-11-,18-9-. The van der Waals surface area contributed by atoms with Gasteiger partial charge < -0.3 is 11.1 Å². The van der Waals surface area contributed by atoms with Crippen LogP contribution in [0.3, 0.4) is 0 Å². The number of nitrogens with two attached hydrogens (primary N) is 1. The maximum absolute atomic E-state index is 9.95. The third kappa shape index (κ3) is 6.89. The third-order valence-corrected chi connectivity index (χ3v) is 6.92. The van der Waals surface area contributed by atoms with Crippen LogP contribution in [-0.4, -0.2) is 0 Å². The minimum atomic E-state index is 0.696. The van der Waals surface area contributed by atoms with Gasteiger partial charge in [-0.1, -0.05) is 97.6 Å². The van der Waals surface area contributed by atoms with Crippen molar-refractivity contribution in [3.05, 3.63) is 161 Å². The molecule has 0 bridgehead atoms. The van der Waals surface area contributed by atoms with Crippen LogP contribution in [0, 0.1) is 18.3 Å². The monoisotopic (exact) mass is 529 g/mol. The molecule has 0 fully saturated rings. The van der Waals surface area contributed by atoms with Crippen LogP contribution in [0.1, 0.15) is 33.4 Å². The van der Waals surface area contributed by atoms with Crippen molar-refractivity contribution in [3.8, 4) is 6.07 Å². The highest BCUT2D eigenvalue weighted by Gasteiger charge is 2.09. The Bertz CT molecular complexity index is 1820. The molecule has 0 unspecified atom stereocenters. The Morgan fingerprint density at radius 3 is 2.07 bits per heavy atom. The van der Waals surface area contributed by atoms with Gasteiger partial charge in [0, 0.05) is 17.1 Å². The van der Waals surface area contributed by atoms with Crippen LogP contribution < -0.4 is 11.1 Å². The SMILES string of the molecule is C=C(/C=C\c1ccc(N)cc1)/C=C\c1cc2cc(/C=C\c3ccc(Nc4ccccc4)cc3)ccc2c(C#N)c1C. The Hall–Kier alpha value is -5.59. The van der Waals surface area contributed by atoms with Gasteiger partial charge in [-0.25, -0.2) is 0 Å². The molecule has 0 spiro atoms. The number of hydrogen-bond acceptors (Lipinski definition) is 3. The molecule has 0 aliphatic heterocycles. The number of nitrogen functional groups attached to an aromatic ring is 1. The Morgan fingerprint density at radius 1 is 0.732 bits per heavy atom. The van der Waals surface area contributed by atoms with Gasteiger partial charge >= 0.3 is 0 Å². The summed E-state index contributed by atoms with van der Waals surface area (Å²) >= 11 is 0. The number of anilines is 3. The summed E-state index contributed by atoms with van der Waals surface area (Å²) in [6.45, 7) is 6.15. The van der Waals surface area contributed by atoms with Gasteiger partial charge in [0.2, 0.25) is 0 Å². The van der Waals surface area contributed by atoms with Gasteiger partial charge in [-0.15, -0.1) is 0 Å². The molecule has 41 heavy (non-hydrogen) atoms. The first-order chi connectivity index (χ1) is 20.0. The fourth-order valence-electron chi connectivity index (χ4n) is 4.59. The van der Waals surface area contributed by atoms with Gasteiger partial charge in [-0.05, 0) is 99.6 Å². The molecule has 3 N–H and O–H groups in total. The van der Waals surface area contributed by atoms with Crippen molar-refractivity contribution in [1.29, 1.82) is 5.26 Å². The highest BCUT2D eigenvalue weighted by Crippen LogP contribution is 2.28. The molecule has 0 atom stereocenters. The van der Waals surface area contributed by atoms with E-state index >= 15 is 0 Å². The van der Waals surface area contributed by atoms with Crippen molar-refractivity contribution in [1.82, 2.24) is 0 Å². The maximum Gasteiger partial charge on any atom is 0.100 e. The van der Waals surface area contributed by atoms with Crippen LogP contribution >= 0.6 is 0 Å². The van der Waals surface area contributed by atoms with Crippen LogP contribution in [0.15, 0.2) is 127 Å². The van der Waals surface area contributed by atoms with Gasteiger partial charge in [0.1, 0.15) is 6.07 Å². The quantitative estimate of drug-likeness (QED) is 0.119. The predicted octanol–water partition coefficient (Wildman–Crippen LogP) is 9.80. The molecule has 5 rings (SSSR count). The predicted molar refractivity (Wildman–Crippen MR) is 177 cm³/mol. The molecule has 5 aromatic carbocycles. The lowest BCUT2D eigenvalue weighted by Crippen LogP contribution is -1.91. The summed E-state index contributed by atoms with van der Waals surface area (Å²) in [5.74, 6) is 0. The molecule has 0 aromatic heterocycles. The summed E-state index contributed by atoms with van der Waals surface area (Å²) in [7, 11) is 0. The van der Waals surface area contributed by atoms with E-state index in [9.17, 15) is 5.26 Å². The van der Waals surface area contributed by atoms with E-state index in [1.807, 2.05) is 91.9 Å². The van der Waals surface area contributed by atoms with Gasteiger partial charge in [0.25, 0.3) is 0 Å². The maximum atomic E-state index is 9.95. The molecule has 0 aliphatic rings. The van der Waals surface area contributed by atoms with E-state index in [2.05, 4.69) is 72.6 Å². The number of allylic oxidation sites excluding steroid dienone is 3. The molecule has 0 heterocycles. The number of fused-ring (bicyclic) bond motifs is 1. The summed E-state index contributed by atoms with van der Waals surface area (Å²) in [6.07, 6.45) is 12.2. The molecular formula is C38H31N3. The van der Waals surface area contributed by atoms with Gasteiger partial charge in [-0.2, -0.15) is 5.26 Å². The topological polar surface area (TPSA) is 61.8 Å². The van der Waals surface area contributed by atoms with Gasteiger partial charge in [0.05, 0.1) is 5.56 Å². The van der Waals surface area contributed by atoms with E-state index < -0.39 is 0 Å². The molecule has 3 heteroatoms. The molecule has 0 amide bonds. The van der Waals surface area contributed by atoms with Crippen LogP contribution in [0.5, 0.6) is 0 Å². The van der Waals surface area contributed by atoms with Crippen LogP contribution in [0.4, 0.5) is 17.1 Å². The summed E-state index contributed by atoms with van der Waals surface area (Å²) in [5, 5.41) is 15.3. The second-order valence-electron chi connectivity index (χ2n) is 9.91. The zero-order chi connectivity index (χ0) is 28.6. The minimum absolute atomic E-state index is 0.696. The normalized spacial score (nSPS) is 11.4. The summed E-state index contributed by atoms with van der Waals surface area (Å²) in [5.41, 5.74) is 15.4. The second-order valence-corrected chi connectivity index (χ2v) is 9.91. The molecule has 5 aromatic rings. The lowest BCUT2D eigenvalue weighted by atomic mass is 9.93. The minimum Gasteiger partial charge on any atom is -0.399 e. The fraction of sp³-hybridized carbons (Fsp3) is 0.0263. The zero-order valence-electron chi connectivity index (χ0n) is 23.0. The van der Waals surface area contributed by atoms with E-state index in [1.54, 1.807) is 0 Å². The van der Waals surface area contributed by atoms with E-state index in [1.165, 1.54) is 0 Å². The number of rotatable bonds is 8. The van der Waals surface area contributed by atoms with Gasteiger partial charge in [0.15, 0.2) is 0 Å². The Kier molecular flexibility index (Phi) is 8.24. The van der Waals surface area contributed by atoms with Crippen LogP contribution in [0.2, 0.25) is 0 Å². The number of hydrogen-bond donors (Lipinski definition) is 2. The highest BCUT2D eigenvalue weighted by atomic mass is 14.9. The molecule has 0 radical (unpaired) electrons. The molecule has 0 aliphatic carbocycles. The van der Waals surface area contributed by atoms with Crippen molar-refractivity contribution in [3.63, 3.8) is 0 Å². The molecule has 3 nitrogen and oxygen atoms in total. The van der Waals surface area contributed by atoms with E-state index in [0.717, 1.165) is 61.2 Å². The van der Waals surface area contributed by atoms with Crippen molar-refractivity contribution >= 4 is 52.1 Å². The fourth-order valence-corrected chi connectivity index (χ4v) is 4.59. The highest BCUT2D eigenvalue weighted by molar-refractivity contribution is 5.93. The molecule has 198 valence electrons. The van der Waals surface area contributed by atoms with Crippen molar-refractivity contribution in [2.75, 3.05) is 11.1 Å². The first-order valence-electron chi connectivity index (χ1n) is 13.5. The summed E-state index contributed by atoms with van der Waals surface area (Å²) in [4.78, 5) is 0. The van der Waals surface area contributed by atoms with Crippen molar-refractivity contribution < 1.29 is 0 Å². The zero-order valence-corrected chi connectivity index (χ0v) is 23.0. The number of benzene rings is 5. The number of nitriles is 1. The van der Waals surface area contributed by atoms with Crippen LogP contribution in [-0.2, 0) is 0 Å².